The van der Waals surface area contributed by atoms with Gasteiger partial charge < -0.3 is 8.83 Å². The van der Waals surface area contributed by atoms with Crippen molar-refractivity contribution < 1.29 is 35.2 Å². The highest BCUT2D eigenvalue weighted by atomic mass is 127. The molecule has 0 fully saturated rings. The maximum atomic E-state index is 12.9. The monoisotopic (exact) mass is 676 g/mol. The lowest BCUT2D eigenvalue weighted by Gasteiger charge is -2.08. The summed E-state index contributed by atoms with van der Waals surface area (Å²) < 4.78 is 89.0. The van der Waals surface area contributed by atoms with Crippen molar-refractivity contribution in [2.75, 3.05) is 0 Å². The molecule has 0 radical (unpaired) electrons. The molecular weight excluding hydrogens is 668 g/mol. The van der Waals surface area contributed by atoms with E-state index < -0.39 is 23.5 Å². The first-order chi connectivity index (χ1) is 14.9. The molecule has 0 unspecified atom stereocenters. The summed E-state index contributed by atoms with van der Waals surface area (Å²) in [4.78, 5) is 8.48. The molecule has 2 heterocycles. The molecular formula is C20H8F6I2N2O2. The minimum atomic E-state index is -4.49. The van der Waals surface area contributed by atoms with Crippen molar-refractivity contribution in [2.24, 2.45) is 0 Å². The van der Waals surface area contributed by atoms with Crippen LogP contribution in [0.25, 0.3) is 34.0 Å². The van der Waals surface area contributed by atoms with Gasteiger partial charge >= 0.3 is 12.4 Å². The maximum Gasteiger partial charge on any atom is 0.416 e. The third-order valence-electron chi connectivity index (χ3n) is 4.38. The van der Waals surface area contributed by atoms with Crippen LogP contribution in [0.1, 0.15) is 11.1 Å². The molecule has 0 aliphatic heterocycles. The van der Waals surface area contributed by atoms with E-state index in [1.165, 1.54) is 24.3 Å². The lowest BCUT2D eigenvalue weighted by molar-refractivity contribution is -0.138. The fraction of sp³-hybridized carbons (Fsp3) is 0.100. The lowest BCUT2D eigenvalue weighted by atomic mass is 10.0. The molecule has 0 aliphatic carbocycles. The fourth-order valence-electron chi connectivity index (χ4n) is 2.92. The summed E-state index contributed by atoms with van der Waals surface area (Å²) in [7, 11) is 0. The predicted molar refractivity (Wildman–Crippen MR) is 118 cm³/mol. The van der Waals surface area contributed by atoms with E-state index >= 15 is 0 Å². The fourth-order valence-corrected chi connectivity index (χ4v) is 3.84. The van der Waals surface area contributed by atoms with Crippen LogP contribution in [0.4, 0.5) is 26.3 Å². The molecule has 0 bridgehead atoms. The van der Waals surface area contributed by atoms with Crippen molar-refractivity contribution >= 4 is 45.2 Å². The summed E-state index contributed by atoms with van der Waals surface area (Å²) in [5.41, 5.74) is -0.539. The SMILES string of the molecule is FC(F)(F)c1ccc(-c2nc(I)oc2-c2oc(I)nc2-c2ccc(C(F)(F)F)cc2)cc1. The van der Waals surface area contributed by atoms with Gasteiger partial charge in [-0.2, -0.15) is 26.3 Å². The van der Waals surface area contributed by atoms with Gasteiger partial charge in [-0.1, -0.05) is 24.3 Å². The van der Waals surface area contributed by atoms with Crippen LogP contribution >= 0.6 is 45.2 Å². The Bertz CT molecular complexity index is 1160. The highest BCUT2D eigenvalue weighted by molar-refractivity contribution is 14.1. The Morgan fingerprint density at radius 2 is 0.875 bits per heavy atom. The summed E-state index contributed by atoms with van der Waals surface area (Å²) in [6.07, 6.45) is -8.98. The topological polar surface area (TPSA) is 52.1 Å². The Balaban J connectivity index is 1.80. The first kappa shape index (κ1) is 23.1. The highest BCUT2D eigenvalue weighted by Crippen LogP contribution is 2.41. The summed E-state index contributed by atoms with van der Waals surface area (Å²) in [6.45, 7) is 0. The molecule has 0 aliphatic rings. The molecule has 0 saturated carbocycles. The van der Waals surface area contributed by atoms with Crippen LogP contribution in [0.5, 0.6) is 0 Å². The number of oxazole rings is 2. The minimum absolute atomic E-state index is 0.0967. The summed E-state index contributed by atoms with van der Waals surface area (Å²) in [6, 6.07) is 8.67. The quantitative estimate of drug-likeness (QED) is 0.164. The van der Waals surface area contributed by atoms with E-state index in [0.717, 1.165) is 24.3 Å². The molecule has 4 rings (SSSR count). The van der Waals surface area contributed by atoms with Gasteiger partial charge in [-0.3, -0.25) is 0 Å². The molecule has 0 saturated heterocycles. The normalized spacial score (nSPS) is 12.4. The third kappa shape index (κ3) is 4.65. The van der Waals surface area contributed by atoms with Crippen LogP contribution in [0.3, 0.4) is 0 Å². The summed E-state index contributed by atoms with van der Waals surface area (Å²) >= 11 is 3.60. The van der Waals surface area contributed by atoms with Crippen LogP contribution in [0, 0.1) is 7.79 Å². The number of hydrogen-bond acceptors (Lipinski definition) is 4. The molecule has 2 aromatic heterocycles. The average Bonchev–Trinajstić information content (AvgIpc) is 3.29. The van der Waals surface area contributed by atoms with Gasteiger partial charge in [0.15, 0.2) is 0 Å². The molecule has 2 aromatic carbocycles. The standard InChI is InChI=1S/C20H8F6I2N2O2/c21-19(22,23)11-5-1-9(2-6-11)13-15(31-17(27)29-13)16-14(30-18(28)32-16)10-3-7-12(8-4-10)20(24,25)26/h1-8H. The van der Waals surface area contributed by atoms with Crippen LogP contribution in [-0.4, -0.2) is 9.97 Å². The second-order valence-electron chi connectivity index (χ2n) is 6.44. The van der Waals surface area contributed by atoms with Gasteiger partial charge in [0.1, 0.15) is 11.4 Å². The van der Waals surface area contributed by atoms with Gasteiger partial charge in [0, 0.05) is 56.3 Å². The number of hydrogen-bond donors (Lipinski definition) is 0. The van der Waals surface area contributed by atoms with Crippen molar-refractivity contribution in [3.05, 3.63) is 67.5 Å². The Morgan fingerprint density at radius 3 is 1.16 bits per heavy atom. The van der Waals surface area contributed by atoms with Crippen molar-refractivity contribution in [1.29, 1.82) is 0 Å². The lowest BCUT2D eigenvalue weighted by Crippen LogP contribution is -2.04. The Labute approximate surface area is 203 Å². The zero-order valence-corrected chi connectivity index (χ0v) is 19.7. The smallest absolute Gasteiger partial charge is 0.416 e. The molecule has 0 N–H and O–H groups in total. The summed E-state index contributed by atoms with van der Waals surface area (Å²) in [5.74, 6) is 0.193. The van der Waals surface area contributed by atoms with E-state index in [1.807, 2.05) is 0 Å². The van der Waals surface area contributed by atoms with Gasteiger partial charge in [-0.25, -0.2) is 9.97 Å². The van der Waals surface area contributed by atoms with Crippen molar-refractivity contribution in [2.45, 2.75) is 12.4 Å². The molecule has 166 valence electrons. The van der Waals surface area contributed by atoms with Crippen LogP contribution in [-0.2, 0) is 12.4 Å². The van der Waals surface area contributed by atoms with Gasteiger partial charge in [0.2, 0.25) is 11.5 Å². The molecule has 12 heteroatoms. The number of benzene rings is 2. The van der Waals surface area contributed by atoms with E-state index in [9.17, 15) is 26.3 Å². The number of nitrogens with zero attached hydrogens (tertiary/aromatic N) is 2. The Kier molecular flexibility index (Phi) is 6.02. The Hall–Kier alpha value is -2.10. The molecule has 4 aromatic rings. The summed E-state index contributed by atoms with van der Waals surface area (Å²) in [5, 5.41) is 0. The van der Waals surface area contributed by atoms with Gasteiger partial charge in [-0.15, -0.1) is 0 Å². The zero-order chi connectivity index (χ0) is 23.3. The van der Waals surface area contributed by atoms with Gasteiger partial charge in [-0.05, 0) is 24.3 Å². The number of aromatic nitrogens is 2. The Morgan fingerprint density at radius 1 is 0.562 bits per heavy atom. The first-order valence-corrected chi connectivity index (χ1v) is 10.8. The van der Waals surface area contributed by atoms with Gasteiger partial charge in [0.25, 0.3) is 7.79 Å². The average molecular weight is 676 g/mol. The second-order valence-corrected chi connectivity index (χ2v) is 8.28. The minimum Gasteiger partial charge on any atom is -0.428 e. The van der Waals surface area contributed by atoms with Crippen molar-refractivity contribution in [3.63, 3.8) is 0 Å². The van der Waals surface area contributed by atoms with E-state index in [1.54, 1.807) is 45.2 Å². The highest BCUT2D eigenvalue weighted by Gasteiger charge is 2.32. The van der Waals surface area contributed by atoms with Crippen LogP contribution in [0.2, 0.25) is 0 Å². The number of halogens is 8. The van der Waals surface area contributed by atoms with Crippen molar-refractivity contribution in [1.82, 2.24) is 9.97 Å². The van der Waals surface area contributed by atoms with E-state index in [0.29, 0.717) is 11.1 Å². The third-order valence-corrected chi connectivity index (χ3v) is 5.30. The van der Waals surface area contributed by atoms with Gasteiger partial charge in [0.05, 0.1) is 11.1 Å². The molecule has 0 amide bonds. The molecule has 0 spiro atoms. The molecule has 32 heavy (non-hydrogen) atoms. The van der Waals surface area contributed by atoms with Crippen LogP contribution in [0.15, 0.2) is 57.4 Å². The molecule has 0 atom stereocenters. The second kappa shape index (κ2) is 8.35. The van der Waals surface area contributed by atoms with E-state index in [-0.39, 0.29) is 30.7 Å². The first-order valence-electron chi connectivity index (χ1n) is 8.62. The largest absolute Gasteiger partial charge is 0.428 e. The van der Waals surface area contributed by atoms with Crippen molar-refractivity contribution in [3.8, 4) is 34.0 Å². The van der Waals surface area contributed by atoms with Crippen LogP contribution < -0.4 is 0 Å². The van der Waals surface area contributed by atoms with E-state index in [2.05, 4.69) is 9.97 Å². The predicted octanol–water partition coefficient (Wildman–Crippen LogP) is 7.91. The molecule has 4 nitrogen and oxygen atoms in total. The number of alkyl halides is 6. The maximum absolute atomic E-state index is 12.9. The zero-order valence-electron chi connectivity index (χ0n) is 15.4. The van der Waals surface area contributed by atoms with E-state index in [4.69, 9.17) is 8.83 Å². The number of rotatable bonds is 3.